The highest BCUT2D eigenvalue weighted by atomic mass is 32.2. The normalized spacial score (nSPS) is 19.1. The van der Waals surface area contributed by atoms with Crippen LogP contribution in [0.2, 0.25) is 0 Å². The molecule has 0 aromatic heterocycles. The zero-order chi connectivity index (χ0) is 13.0. The lowest BCUT2D eigenvalue weighted by Crippen LogP contribution is -2.12. The molecule has 1 aromatic carbocycles. The molecule has 1 heterocycles. The van der Waals surface area contributed by atoms with Gasteiger partial charge in [0, 0.05) is 12.4 Å². The quantitative estimate of drug-likeness (QED) is 0.771. The Morgan fingerprint density at radius 2 is 2.28 bits per heavy atom. The van der Waals surface area contributed by atoms with E-state index in [4.69, 9.17) is 4.74 Å². The number of hydrogen-bond donors (Lipinski definition) is 0. The second-order valence-corrected chi connectivity index (χ2v) is 5.23. The van der Waals surface area contributed by atoms with Gasteiger partial charge < -0.3 is 4.74 Å². The maximum Gasteiger partial charge on any atom is 0.175 e. The average molecular weight is 272 g/mol. The van der Waals surface area contributed by atoms with Crippen molar-refractivity contribution >= 4 is 17.5 Å². The molecule has 2 rings (SSSR count). The maximum absolute atomic E-state index is 13.3. The first-order chi connectivity index (χ1) is 8.66. The van der Waals surface area contributed by atoms with Crippen LogP contribution in [0.5, 0.6) is 0 Å². The number of Topliss-reactive ketones (excluding diaryl/α,β-unsaturated/α-hetero) is 1. The summed E-state index contributed by atoms with van der Waals surface area (Å²) in [4.78, 5) is 11.7. The molecule has 1 fully saturated rings. The summed E-state index contributed by atoms with van der Waals surface area (Å²) in [5, 5.41) is 0. The summed E-state index contributed by atoms with van der Waals surface area (Å²) in [5.74, 6) is -0.763. The van der Waals surface area contributed by atoms with Gasteiger partial charge in [-0.05, 0) is 31.0 Å². The first-order valence-electron chi connectivity index (χ1n) is 5.84. The van der Waals surface area contributed by atoms with Crippen molar-refractivity contribution in [2.45, 2.75) is 18.9 Å². The molecule has 1 atom stereocenters. The Morgan fingerprint density at radius 3 is 3.00 bits per heavy atom. The number of halogens is 2. The molecule has 2 nitrogen and oxygen atoms in total. The van der Waals surface area contributed by atoms with Crippen molar-refractivity contribution in [1.82, 2.24) is 0 Å². The van der Waals surface area contributed by atoms with Crippen molar-refractivity contribution in [3.8, 4) is 0 Å². The Bertz CT molecular complexity index is 431. The molecule has 0 aliphatic carbocycles. The number of benzene rings is 1. The Balaban J connectivity index is 1.85. The van der Waals surface area contributed by atoms with Gasteiger partial charge in [0.15, 0.2) is 5.78 Å². The van der Waals surface area contributed by atoms with Gasteiger partial charge in [0.25, 0.3) is 0 Å². The lowest BCUT2D eigenvalue weighted by atomic mass is 10.1. The van der Waals surface area contributed by atoms with E-state index >= 15 is 0 Å². The predicted octanol–water partition coefficient (Wildman–Crippen LogP) is 3.06. The minimum absolute atomic E-state index is 0.153. The first kappa shape index (κ1) is 13.5. The predicted molar refractivity (Wildman–Crippen MR) is 67.0 cm³/mol. The van der Waals surface area contributed by atoms with Crippen LogP contribution >= 0.6 is 11.8 Å². The van der Waals surface area contributed by atoms with E-state index in [1.165, 1.54) is 11.8 Å². The van der Waals surface area contributed by atoms with Crippen LogP contribution in [0.4, 0.5) is 8.78 Å². The van der Waals surface area contributed by atoms with E-state index in [0.29, 0.717) is 0 Å². The van der Waals surface area contributed by atoms with Crippen LogP contribution in [-0.2, 0) is 4.74 Å². The number of ether oxygens (including phenoxy) is 1. The Hall–Kier alpha value is -0.940. The molecule has 1 aliphatic heterocycles. The number of carbonyl (C=O) groups excluding carboxylic acids is 1. The monoisotopic (exact) mass is 272 g/mol. The van der Waals surface area contributed by atoms with Gasteiger partial charge in [-0.25, -0.2) is 8.78 Å². The van der Waals surface area contributed by atoms with Crippen LogP contribution in [0.1, 0.15) is 23.2 Å². The number of ketones is 1. The van der Waals surface area contributed by atoms with Gasteiger partial charge in [-0.2, -0.15) is 11.8 Å². The fraction of sp³-hybridized carbons (Fsp3) is 0.462. The Morgan fingerprint density at radius 1 is 1.44 bits per heavy atom. The SMILES string of the molecule is O=C(CSCC1CCCO1)c1cc(F)ccc1F. The van der Waals surface area contributed by atoms with Crippen molar-refractivity contribution in [2.24, 2.45) is 0 Å². The third-order valence-electron chi connectivity index (χ3n) is 2.79. The number of carbonyl (C=O) groups is 1. The Kier molecular flexibility index (Phi) is 4.72. The fourth-order valence-corrected chi connectivity index (χ4v) is 2.83. The minimum atomic E-state index is -0.667. The highest BCUT2D eigenvalue weighted by molar-refractivity contribution is 8.00. The van der Waals surface area contributed by atoms with E-state index < -0.39 is 11.6 Å². The molecule has 0 saturated carbocycles. The first-order valence-corrected chi connectivity index (χ1v) is 7.00. The number of hydrogen-bond acceptors (Lipinski definition) is 3. The third kappa shape index (κ3) is 3.53. The van der Waals surface area contributed by atoms with Crippen molar-refractivity contribution in [1.29, 1.82) is 0 Å². The zero-order valence-electron chi connectivity index (χ0n) is 9.83. The molecule has 1 saturated heterocycles. The van der Waals surface area contributed by atoms with Gasteiger partial charge in [-0.3, -0.25) is 4.79 Å². The lowest BCUT2D eigenvalue weighted by molar-refractivity contribution is 0.101. The Labute approximate surface area is 109 Å². The van der Waals surface area contributed by atoms with Crippen LogP contribution in [0.25, 0.3) is 0 Å². The molecule has 0 radical (unpaired) electrons. The summed E-state index contributed by atoms with van der Waals surface area (Å²) in [6.07, 6.45) is 2.26. The van der Waals surface area contributed by atoms with Gasteiger partial charge in [-0.15, -0.1) is 0 Å². The van der Waals surface area contributed by atoms with Crippen molar-refractivity contribution in [3.63, 3.8) is 0 Å². The van der Waals surface area contributed by atoms with Gasteiger partial charge in [0.1, 0.15) is 11.6 Å². The molecule has 0 N–H and O–H groups in total. The molecule has 1 aliphatic rings. The minimum Gasteiger partial charge on any atom is -0.377 e. The van der Waals surface area contributed by atoms with Gasteiger partial charge in [0.05, 0.1) is 17.4 Å². The smallest absolute Gasteiger partial charge is 0.175 e. The van der Waals surface area contributed by atoms with Crippen LogP contribution in [0.15, 0.2) is 18.2 Å². The summed E-state index contributed by atoms with van der Waals surface area (Å²) < 4.78 is 31.7. The highest BCUT2D eigenvalue weighted by Gasteiger charge is 2.17. The molecular weight excluding hydrogens is 258 g/mol. The van der Waals surface area contributed by atoms with Crippen LogP contribution in [0, 0.1) is 11.6 Å². The topological polar surface area (TPSA) is 26.3 Å². The largest absolute Gasteiger partial charge is 0.377 e. The summed E-state index contributed by atoms with van der Waals surface area (Å²) in [6.45, 7) is 0.775. The second kappa shape index (κ2) is 6.29. The van der Waals surface area contributed by atoms with E-state index in [-0.39, 0.29) is 23.2 Å². The van der Waals surface area contributed by atoms with E-state index in [1.807, 2.05) is 0 Å². The van der Waals surface area contributed by atoms with Crippen molar-refractivity contribution in [3.05, 3.63) is 35.4 Å². The van der Waals surface area contributed by atoms with Crippen LogP contribution in [-0.4, -0.2) is 30.0 Å². The molecule has 18 heavy (non-hydrogen) atoms. The zero-order valence-corrected chi connectivity index (χ0v) is 10.6. The molecular formula is C13H14F2O2S. The second-order valence-electron chi connectivity index (χ2n) is 4.20. The van der Waals surface area contributed by atoms with E-state index in [1.54, 1.807) is 0 Å². The lowest BCUT2D eigenvalue weighted by Gasteiger charge is -2.08. The summed E-state index contributed by atoms with van der Waals surface area (Å²) in [6, 6.07) is 2.93. The molecule has 0 bridgehead atoms. The molecule has 0 spiro atoms. The number of thioether (sulfide) groups is 1. The number of rotatable bonds is 5. The van der Waals surface area contributed by atoms with E-state index in [2.05, 4.69) is 0 Å². The fourth-order valence-electron chi connectivity index (χ4n) is 1.85. The molecule has 1 aromatic rings. The molecule has 1 unspecified atom stereocenters. The maximum atomic E-state index is 13.3. The third-order valence-corrected chi connectivity index (χ3v) is 3.86. The van der Waals surface area contributed by atoms with Crippen molar-refractivity contribution in [2.75, 3.05) is 18.1 Å². The van der Waals surface area contributed by atoms with Gasteiger partial charge in [0.2, 0.25) is 0 Å². The molecule has 0 amide bonds. The summed E-state index contributed by atoms with van der Waals surface area (Å²) in [7, 11) is 0. The molecule has 5 heteroatoms. The van der Waals surface area contributed by atoms with Gasteiger partial charge >= 0.3 is 0 Å². The highest BCUT2D eigenvalue weighted by Crippen LogP contribution is 2.19. The van der Waals surface area contributed by atoms with E-state index in [9.17, 15) is 13.6 Å². The standard InChI is InChI=1S/C13H14F2O2S/c14-9-3-4-12(15)11(6-9)13(16)8-18-7-10-2-1-5-17-10/h3-4,6,10H,1-2,5,7-8H2. The van der Waals surface area contributed by atoms with Crippen LogP contribution in [0.3, 0.4) is 0 Å². The van der Waals surface area contributed by atoms with Crippen molar-refractivity contribution < 1.29 is 18.3 Å². The van der Waals surface area contributed by atoms with Crippen LogP contribution < -0.4 is 0 Å². The van der Waals surface area contributed by atoms with E-state index in [0.717, 1.165) is 43.4 Å². The summed E-state index contributed by atoms with van der Waals surface area (Å²) >= 11 is 1.40. The van der Waals surface area contributed by atoms with Gasteiger partial charge in [-0.1, -0.05) is 0 Å². The molecule has 98 valence electrons. The summed E-state index contributed by atoms with van der Waals surface area (Å²) in [5.41, 5.74) is -0.171. The average Bonchev–Trinajstić information content (AvgIpc) is 2.85.